The van der Waals surface area contributed by atoms with Crippen LogP contribution in [0.2, 0.25) is 0 Å². The zero-order valence-corrected chi connectivity index (χ0v) is 41.6. The van der Waals surface area contributed by atoms with Crippen LogP contribution in [0.3, 0.4) is 0 Å². The number of allylic oxidation sites excluding steroid dienone is 1. The maximum Gasteiger partial charge on any atom is 0.410 e. The quantitative estimate of drug-likeness (QED) is 0.0394. The summed E-state index contributed by atoms with van der Waals surface area (Å²) < 4.78 is 31.6. The number of nitrogens with zero attached hydrogens (tertiary/aromatic N) is 3. The van der Waals surface area contributed by atoms with Crippen LogP contribution in [-0.4, -0.2) is 137 Å². The molecule has 9 N–H and O–H groups in total. The second kappa shape index (κ2) is 24.4. The predicted octanol–water partition coefficient (Wildman–Crippen LogP) is 1.54. The van der Waals surface area contributed by atoms with Crippen molar-refractivity contribution in [1.82, 2.24) is 30.1 Å². The fraction of sp³-hybridized carbons (Fsp3) is 0.587. The van der Waals surface area contributed by atoms with Crippen LogP contribution in [0.1, 0.15) is 91.5 Å². The molecule has 5 rings (SSSR count). The van der Waals surface area contributed by atoms with Gasteiger partial charge in [0.25, 0.3) is 22.0 Å². The molecule has 1 aromatic carbocycles. The molecular formula is C46H65N9O13S2. The number of β-lactam (4-membered cyclic amide) rings is 1. The van der Waals surface area contributed by atoms with Crippen molar-refractivity contribution >= 4 is 80.9 Å². The van der Waals surface area contributed by atoms with Crippen molar-refractivity contribution in [1.29, 1.82) is 0 Å². The van der Waals surface area contributed by atoms with E-state index in [0.29, 0.717) is 48.3 Å². The number of ether oxygens (including phenoxy) is 1. The Morgan fingerprint density at radius 1 is 0.971 bits per heavy atom. The predicted molar refractivity (Wildman–Crippen MR) is 257 cm³/mol. The van der Waals surface area contributed by atoms with Gasteiger partial charge >= 0.3 is 12.1 Å². The minimum absolute atomic E-state index is 0.116. The highest BCUT2D eigenvalue weighted by Gasteiger charge is 2.59. The Kier molecular flexibility index (Phi) is 19.3. The number of anilines is 1. The van der Waals surface area contributed by atoms with Crippen LogP contribution in [0.4, 0.5) is 15.3 Å². The lowest BCUT2D eigenvalue weighted by Crippen LogP contribution is -2.63. The number of likely N-dealkylation sites (tertiary alicyclic amines) is 1. The summed E-state index contributed by atoms with van der Waals surface area (Å²) in [5.41, 5.74) is 6.39. The molecule has 8 atom stereocenters. The lowest BCUT2D eigenvalue weighted by molar-refractivity contribution is -0.161. The molecule has 2 saturated heterocycles. The lowest BCUT2D eigenvalue weighted by Gasteiger charge is -2.46. The Balaban J connectivity index is 1.17. The van der Waals surface area contributed by atoms with Gasteiger partial charge in [-0.15, -0.1) is 11.8 Å². The zero-order valence-electron chi connectivity index (χ0n) is 40.0. The molecule has 8 amide bonds. The summed E-state index contributed by atoms with van der Waals surface area (Å²) in [6.45, 7) is 8.46. The first-order valence-electron chi connectivity index (χ1n) is 23.4. The molecule has 0 spiro atoms. The number of nitrogens with one attached hydrogen (secondary N) is 4. The van der Waals surface area contributed by atoms with Crippen LogP contribution in [-0.2, 0) is 55.1 Å². The molecule has 0 bridgehead atoms. The Labute approximate surface area is 411 Å². The molecule has 1 aromatic rings. The maximum atomic E-state index is 13.7. The van der Waals surface area contributed by atoms with Gasteiger partial charge in [0, 0.05) is 91.8 Å². The summed E-state index contributed by atoms with van der Waals surface area (Å²) in [4.78, 5) is 119. The van der Waals surface area contributed by atoms with Crippen molar-refractivity contribution < 1.29 is 61.4 Å². The molecule has 24 heteroatoms. The van der Waals surface area contributed by atoms with E-state index in [-0.39, 0.29) is 116 Å². The summed E-state index contributed by atoms with van der Waals surface area (Å²) in [5, 5.41) is 23.3. The number of carbonyl (C=O) groups excluding carboxylic acids is 9. The minimum atomic E-state index is -4.12. The molecule has 70 heavy (non-hydrogen) atoms. The largest absolute Gasteiger partial charge is 0.445 e. The Morgan fingerprint density at radius 2 is 1.64 bits per heavy atom. The molecule has 0 saturated carbocycles. The van der Waals surface area contributed by atoms with Crippen LogP contribution in [0.15, 0.2) is 47.0 Å². The number of unbranched alkanes of at least 4 members (excludes halogenated alkanes) is 2. The summed E-state index contributed by atoms with van der Waals surface area (Å²) in [5.74, 6) is -4.65. The molecule has 0 radical (unpaired) electrons. The maximum absolute atomic E-state index is 13.7. The summed E-state index contributed by atoms with van der Waals surface area (Å²) in [6, 6.07) is 3.73. The number of imide groups is 1. The zero-order chi connectivity index (χ0) is 51.6. The van der Waals surface area contributed by atoms with Gasteiger partial charge in [0.2, 0.25) is 17.7 Å². The van der Waals surface area contributed by atoms with Gasteiger partial charge in [0.1, 0.15) is 6.61 Å². The highest BCUT2D eigenvalue weighted by atomic mass is 32.2. The monoisotopic (exact) mass is 1020 g/mol. The number of rotatable bonds is 26. The van der Waals surface area contributed by atoms with E-state index in [1.54, 1.807) is 38.1 Å². The number of ketones is 2. The average Bonchev–Trinajstić information content (AvgIpc) is 3.92. The number of amides is 8. The topological polar surface area (TPSA) is 327 Å². The van der Waals surface area contributed by atoms with E-state index in [1.807, 2.05) is 6.92 Å². The third-order valence-corrected chi connectivity index (χ3v) is 14.9. The number of fused-ring (bicyclic) bond motifs is 1. The molecule has 2 fully saturated rings. The number of hydrogen-bond donors (Lipinski definition) is 7. The second-order valence-electron chi connectivity index (χ2n) is 18.5. The number of aliphatic hydroxyl groups is 1. The Hall–Kier alpha value is -5.69. The van der Waals surface area contributed by atoms with Crippen molar-refractivity contribution in [2.24, 2.45) is 34.5 Å². The third-order valence-electron chi connectivity index (χ3n) is 12.8. The first-order valence-corrected chi connectivity index (χ1v) is 25.8. The van der Waals surface area contributed by atoms with Crippen LogP contribution in [0.25, 0.3) is 0 Å². The van der Waals surface area contributed by atoms with E-state index in [2.05, 4.69) is 20.7 Å². The van der Waals surface area contributed by atoms with Crippen molar-refractivity contribution in [2.45, 2.75) is 122 Å². The molecule has 22 nitrogen and oxygen atoms in total. The van der Waals surface area contributed by atoms with Gasteiger partial charge in [-0.05, 0) is 62.6 Å². The van der Waals surface area contributed by atoms with Gasteiger partial charge < -0.3 is 41.3 Å². The first kappa shape index (κ1) is 55.2. The number of nitrogens with two attached hydrogens (primary N) is 2. The van der Waals surface area contributed by atoms with Crippen LogP contribution < -0.4 is 31.5 Å². The standard InChI is InChI=1S/C46H65N9O13S2/c1-25(2)39(52-35(59)11-7-6-8-19-53-36(60)16-17-37(53)61)34(58)20-30(10-9-18-49-45(47)64)43(62)51-31-14-12-29(13-15-31)24-68-46(65)54-23-33(21-32(54)22-50-70(48,66)67)69-42-26(3)40-38(27(4)56)44(63)55(40)41(42)28(5)57/h12-17,25-27,30,32-33,38-40,50,56H,6-11,18-24H2,1-5H3,(H,51,62)(H,52,59)(H3,47,49,64)(H2,48,66,67)/t26-,27-,30-,32+,33+,38-,39+,40-/m1/s1. The summed E-state index contributed by atoms with van der Waals surface area (Å²) >= 11 is 1.34. The van der Waals surface area contributed by atoms with E-state index in [0.717, 1.165) is 4.90 Å². The van der Waals surface area contributed by atoms with Gasteiger partial charge in [-0.1, -0.05) is 39.3 Å². The fourth-order valence-corrected chi connectivity index (χ4v) is 11.3. The van der Waals surface area contributed by atoms with Crippen molar-refractivity contribution in [3.05, 3.63) is 52.6 Å². The molecule has 0 unspecified atom stereocenters. The third kappa shape index (κ3) is 14.5. The number of carbonyl (C=O) groups is 9. The van der Waals surface area contributed by atoms with E-state index in [4.69, 9.17) is 15.6 Å². The van der Waals surface area contributed by atoms with Gasteiger partial charge in [-0.25, -0.2) is 19.5 Å². The van der Waals surface area contributed by atoms with Crippen LogP contribution in [0.5, 0.6) is 0 Å². The number of benzene rings is 1. The minimum Gasteiger partial charge on any atom is -0.445 e. The van der Waals surface area contributed by atoms with Crippen molar-refractivity contribution in [3.63, 3.8) is 0 Å². The number of thioether (sulfide) groups is 1. The van der Waals surface area contributed by atoms with Gasteiger partial charge in [0.15, 0.2) is 11.6 Å². The number of aliphatic hydroxyl groups excluding tert-OH is 1. The number of primary amides is 1. The normalized spacial score (nSPS) is 22.2. The van der Waals surface area contributed by atoms with Crippen LogP contribution in [0, 0.1) is 23.7 Å². The van der Waals surface area contributed by atoms with Gasteiger partial charge in [0.05, 0.1) is 29.8 Å². The van der Waals surface area contributed by atoms with E-state index in [1.165, 1.54) is 47.6 Å². The Morgan fingerprint density at radius 3 is 2.24 bits per heavy atom. The second-order valence-corrected chi connectivity index (χ2v) is 21.2. The van der Waals surface area contributed by atoms with Gasteiger partial charge in [-0.2, -0.15) is 8.42 Å². The molecule has 4 aliphatic rings. The van der Waals surface area contributed by atoms with E-state index < -0.39 is 58.3 Å². The molecular weight excluding hydrogens is 951 g/mol. The molecule has 0 aromatic heterocycles. The fourth-order valence-electron chi connectivity index (χ4n) is 9.24. The Bertz CT molecular complexity index is 2340. The smallest absolute Gasteiger partial charge is 0.410 e. The summed E-state index contributed by atoms with van der Waals surface area (Å²) in [7, 11) is -4.12. The average molecular weight is 1020 g/mol. The van der Waals surface area contributed by atoms with Crippen molar-refractivity contribution in [2.75, 3.05) is 31.5 Å². The van der Waals surface area contributed by atoms with Crippen LogP contribution >= 0.6 is 11.8 Å². The number of urea groups is 1. The lowest BCUT2D eigenvalue weighted by atomic mass is 9.79. The van der Waals surface area contributed by atoms with E-state index >= 15 is 0 Å². The number of hydrogen-bond acceptors (Lipinski definition) is 14. The van der Waals surface area contributed by atoms with E-state index in [9.17, 15) is 56.7 Å². The van der Waals surface area contributed by atoms with Gasteiger partial charge in [-0.3, -0.25) is 38.5 Å². The highest BCUT2D eigenvalue weighted by Crippen LogP contribution is 2.52. The highest BCUT2D eigenvalue weighted by molar-refractivity contribution is 8.03. The first-order chi connectivity index (χ1) is 33.0. The molecule has 384 valence electrons. The SMILES string of the molecule is CC(=O)C1=C(S[C@H]2C[C@@H](CNS(N)(=O)=O)N(C(=O)OCc3ccc(NC(=O)[C@H](CCCNC(N)=O)CC(=O)[C@@H](NC(=O)CCCCCN4C(=O)C=CC4=O)C(C)C)cc3)C2)[C@H](C)[C@@H]2[C@@H]([C@@H](C)O)C(=O)N12. The van der Waals surface area contributed by atoms with Crippen molar-refractivity contribution in [3.8, 4) is 0 Å². The molecule has 4 aliphatic heterocycles. The molecule has 4 heterocycles. The molecule has 0 aliphatic carbocycles. The number of Topliss-reactive ketones (excluding diaryl/α,β-unsaturated/α-hetero) is 2. The summed E-state index contributed by atoms with van der Waals surface area (Å²) in [6.07, 6.45) is 3.05.